The number of benzene rings is 1. The summed E-state index contributed by atoms with van der Waals surface area (Å²) < 4.78 is 19.1. The molecule has 5 heteroatoms. The summed E-state index contributed by atoms with van der Waals surface area (Å²) in [4.78, 5) is 25.6. The maximum absolute atomic E-state index is 13.8. The van der Waals surface area contributed by atoms with Crippen LogP contribution in [0.3, 0.4) is 0 Å². The summed E-state index contributed by atoms with van der Waals surface area (Å²) in [5.41, 5.74) is 2.73. The van der Waals surface area contributed by atoms with Gasteiger partial charge < -0.3 is 9.30 Å². The molecule has 1 unspecified atom stereocenters. The van der Waals surface area contributed by atoms with E-state index in [1.165, 1.54) is 0 Å². The smallest absolute Gasteiger partial charge is 0.313 e. The maximum Gasteiger partial charge on any atom is 0.313 e. The van der Waals surface area contributed by atoms with Gasteiger partial charge in [-0.1, -0.05) is 30.5 Å². The Kier molecular flexibility index (Phi) is 6.26. The van der Waals surface area contributed by atoms with E-state index in [0.29, 0.717) is 5.56 Å². The lowest BCUT2D eigenvalue weighted by Gasteiger charge is -2.24. The maximum atomic E-state index is 13.8. The van der Waals surface area contributed by atoms with Gasteiger partial charge in [0.25, 0.3) is 0 Å². The summed E-state index contributed by atoms with van der Waals surface area (Å²) in [6.45, 7) is 9.24. The molecule has 0 aromatic heterocycles. The van der Waals surface area contributed by atoms with Gasteiger partial charge in [0.1, 0.15) is 6.16 Å². The van der Waals surface area contributed by atoms with Crippen molar-refractivity contribution < 1.29 is 18.9 Å². The van der Waals surface area contributed by atoms with E-state index in [-0.39, 0.29) is 23.4 Å². The highest BCUT2D eigenvalue weighted by Crippen LogP contribution is 2.59. The third-order valence-corrected chi connectivity index (χ3v) is 8.22. The van der Waals surface area contributed by atoms with Crippen LogP contribution in [0.1, 0.15) is 66.6 Å². The van der Waals surface area contributed by atoms with E-state index >= 15 is 0 Å². The molecule has 1 fully saturated rings. The number of ether oxygens (including phenoxy) is 1. The molecule has 1 aromatic carbocycles. The Balaban J connectivity index is 2.43. The normalized spacial score (nSPS) is 17.5. The Bertz CT molecular complexity index is 691. The van der Waals surface area contributed by atoms with Crippen molar-refractivity contribution in [1.82, 2.24) is 0 Å². The van der Waals surface area contributed by atoms with Gasteiger partial charge in [0, 0.05) is 11.2 Å². The predicted molar refractivity (Wildman–Crippen MR) is 101 cm³/mol. The van der Waals surface area contributed by atoms with E-state index in [9.17, 15) is 14.2 Å². The zero-order chi connectivity index (χ0) is 18.8. The fraction of sp³-hybridized carbons (Fsp3) is 0.600. The van der Waals surface area contributed by atoms with Crippen LogP contribution in [0.2, 0.25) is 0 Å². The van der Waals surface area contributed by atoms with Crippen molar-refractivity contribution in [2.75, 3.05) is 6.16 Å². The first-order valence-electron chi connectivity index (χ1n) is 9.06. The largest absolute Gasteiger partial charge is 0.463 e. The van der Waals surface area contributed by atoms with Gasteiger partial charge in [0.2, 0.25) is 5.52 Å². The van der Waals surface area contributed by atoms with E-state index < -0.39 is 13.1 Å². The van der Waals surface area contributed by atoms with Crippen LogP contribution < -0.4 is 0 Å². The average molecular weight is 364 g/mol. The van der Waals surface area contributed by atoms with E-state index in [1.807, 2.05) is 32.9 Å². The molecule has 138 valence electrons. The van der Waals surface area contributed by atoms with Crippen LogP contribution >= 0.6 is 7.14 Å². The molecule has 0 spiro atoms. The predicted octanol–water partition coefficient (Wildman–Crippen LogP) is 5.01. The first kappa shape index (κ1) is 19.9. The number of aryl methyl sites for hydroxylation is 3. The minimum absolute atomic E-state index is 0.195. The van der Waals surface area contributed by atoms with Crippen LogP contribution in [0.5, 0.6) is 0 Å². The molecule has 0 amide bonds. The molecule has 4 nitrogen and oxygen atoms in total. The van der Waals surface area contributed by atoms with Crippen LogP contribution in [0, 0.1) is 20.8 Å². The summed E-state index contributed by atoms with van der Waals surface area (Å²) in [5, 5.41) is 0. The minimum Gasteiger partial charge on any atom is -0.463 e. The zero-order valence-corrected chi connectivity index (χ0v) is 16.8. The third-order valence-electron chi connectivity index (χ3n) is 4.88. The summed E-state index contributed by atoms with van der Waals surface area (Å²) in [7, 11) is -3.37. The van der Waals surface area contributed by atoms with Crippen molar-refractivity contribution in [1.29, 1.82) is 0 Å². The van der Waals surface area contributed by atoms with Crippen molar-refractivity contribution in [2.45, 2.75) is 72.1 Å². The van der Waals surface area contributed by atoms with E-state index in [0.717, 1.165) is 42.4 Å². The lowest BCUT2D eigenvalue weighted by molar-refractivity contribution is -0.144. The first-order chi connectivity index (χ1) is 11.6. The van der Waals surface area contributed by atoms with Gasteiger partial charge >= 0.3 is 5.97 Å². The second-order valence-electron chi connectivity index (χ2n) is 7.51. The van der Waals surface area contributed by atoms with E-state index in [4.69, 9.17) is 4.74 Å². The van der Waals surface area contributed by atoms with Crippen molar-refractivity contribution in [3.05, 3.63) is 34.4 Å². The third kappa shape index (κ3) is 4.41. The van der Waals surface area contributed by atoms with Gasteiger partial charge in [0.05, 0.1) is 6.10 Å². The summed E-state index contributed by atoms with van der Waals surface area (Å²) in [6.07, 6.45) is 2.88. The Morgan fingerprint density at radius 1 is 1.12 bits per heavy atom. The Morgan fingerprint density at radius 3 is 2.12 bits per heavy atom. The Hall–Kier alpha value is -1.41. The second kappa shape index (κ2) is 7.86. The van der Waals surface area contributed by atoms with Crippen molar-refractivity contribution in [3.8, 4) is 0 Å². The Morgan fingerprint density at radius 2 is 1.64 bits per heavy atom. The van der Waals surface area contributed by atoms with Crippen LogP contribution in [-0.4, -0.2) is 29.4 Å². The van der Waals surface area contributed by atoms with Gasteiger partial charge in [-0.25, -0.2) is 0 Å². The molecule has 0 heterocycles. The number of hydrogen-bond acceptors (Lipinski definition) is 4. The fourth-order valence-electron chi connectivity index (χ4n) is 3.89. The van der Waals surface area contributed by atoms with Crippen LogP contribution in [0.4, 0.5) is 0 Å². The molecule has 0 N–H and O–H groups in total. The number of carbonyl (C=O) groups is 2. The average Bonchev–Trinajstić information content (AvgIpc) is 2.99. The van der Waals surface area contributed by atoms with Gasteiger partial charge in [-0.15, -0.1) is 0 Å². The monoisotopic (exact) mass is 364 g/mol. The lowest BCUT2D eigenvalue weighted by atomic mass is 10.0. The van der Waals surface area contributed by atoms with E-state index in [2.05, 4.69) is 0 Å². The number of carbonyl (C=O) groups excluding carboxylic acids is 2. The summed E-state index contributed by atoms with van der Waals surface area (Å²) in [5.74, 6) is -0.527. The van der Waals surface area contributed by atoms with Crippen LogP contribution in [0.15, 0.2) is 12.1 Å². The summed E-state index contributed by atoms with van der Waals surface area (Å²) in [6, 6.07) is 3.87. The van der Waals surface area contributed by atoms with Gasteiger partial charge in [-0.3, -0.25) is 9.59 Å². The van der Waals surface area contributed by atoms with Gasteiger partial charge in [-0.05, 0) is 58.6 Å². The highest BCUT2D eigenvalue weighted by Gasteiger charge is 2.44. The van der Waals surface area contributed by atoms with Crippen molar-refractivity contribution in [2.24, 2.45) is 0 Å². The van der Waals surface area contributed by atoms with Gasteiger partial charge in [-0.2, -0.15) is 0 Å². The minimum atomic E-state index is -3.37. The molecule has 1 aliphatic rings. The topological polar surface area (TPSA) is 60.4 Å². The van der Waals surface area contributed by atoms with Gasteiger partial charge in [0.15, 0.2) is 7.14 Å². The zero-order valence-electron chi connectivity index (χ0n) is 15.9. The fourth-order valence-corrected chi connectivity index (χ4v) is 7.01. The summed E-state index contributed by atoms with van der Waals surface area (Å²) >= 11 is 0. The SMILES string of the molecule is Cc1cc(C)c(C(=O)P(=O)(CC(=O)OC(C)C)C2CCCC2)c(C)c1. The number of esters is 1. The highest BCUT2D eigenvalue weighted by atomic mass is 31.2. The van der Waals surface area contributed by atoms with Crippen LogP contribution in [0.25, 0.3) is 0 Å². The molecule has 0 aliphatic heterocycles. The molecule has 0 bridgehead atoms. The lowest BCUT2D eigenvalue weighted by Crippen LogP contribution is -2.23. The second-order valence-corrected chi connectivity index (χ2v) is 10.6. The molecule has 0 saturated heterocycles. The first-order valence-corrected chi connectivity index (χ1v) is 11.0. The van der Waals surface area contributed by atoms with E-state index in [1.54, 1.807) is 13.8 Å². The molecule has 1 saturated carbocycles. The molecular weight excluding hydrogens is 335 g/mol. The van der Waals surface area contributed by atoms with Crippen LogP contribution in [-0.2, 0) is 14.1 Å². The standard InChI is InChI=1S/C20H29O4P/c1-13(2)24-18(21)12-25(23,17-8-6-7-9-17)20(22)19-15(4)10-14(3)11-16(19)5/h10-11,13,17H,6-9,12H2,1-5H3. The molecule has 1 atom stereocenters. The molecule has 1 aliphatic carbocycles. The van der Waals surface area contributed by atoms with Crippen molar-refractivity contribution in [3.63, 3.8) is 0 Å². The molecule has 25 heavy (non-hydrogen) atoms. The van der Waals surface area contributed by atoms with Crippen molar-refractivity contribution >= 4 is 18.6 Å². The molecule has 2 rings (SSSR count). The molecular formula is C20H29O4P. The Labute approximate surface area is 150 Å². The number of hydrogen-bond donors (Lipinski definition) is 0. The molecule has 0 radical (unpaired) electrons. The molecule has 1 aromatic rings. The quantitative estimate of drug-likeness (QED) is 0.526. The number of rotatable bonds is 6. The highest BCUT2D eigenvalue weighted by molar-refractivity contribution is 7.82.